The summed E-state index contributed by atoms with van der Waals surface area (Å²) in [7, 11) is 5.59. The number of rotatable bonds is 5. The van der Waals surface area contributed by atoms with Crippen molar-refractivity contribution in [3.8, 4) is 5.75 Å². The van der Waals surface area contributed by atoms with E-state index in [1.54, 1.807) is 6.92 Å². The number of hydrogen-bond donors (Lipinski definition) is 3. The summed E-state index contributed by atoms with van der Waals surface area (Å²) in [5, 5.41) is 21.7. The van der Waals surface area contributed by atoms with E-state index in [1.807, 2.05) is 0 Å². The van der Waals surface area contributed by atoms with Crippen LogP contribution in [0.1, 0.15) is 18.3 Å². The van der Waals surface area contributed by atoms with Gasteiger partial charge in [0.25, 0.3) is 5.56 Å². The molecule has 160 valence electrons. The molecule has 1 aliphatic heterocycles. The SMILES string of the molecule is [B]C(O)(Oc1cc(C)n(C2=C[C@H](C(=O)O)NC=C2C)c(=O)c1Cl)c1ncc(F)cc1F. The molecule has 2 aromatic heterocycles. The van der Waals surface area contributed by atoms with Crippen LogP contribution in [0.2, 0.25) is 5.02 Å². The molecule has 2 atom stereocenters. The predicted molar refractivity (Wildman–Crippen MR) is 107 cm³/mol. The third-order valence-corrected chi connectivity index (χ3v) is 4.78. The molecule has 0 saturated heterocycles. The molecule has 31 heavy (non-hydrogen) atoms. The summed E-state index contributed by atoms with van der Waals surface area (Å²) in [4.78, 5) is 27.6. The van der Waals surface area contributed by atoms with Crippen molar-refractivity contribution >= 4 is 31.1 Å². The number of carbonyl (C=O) groups is 1. The summed E-state index contributed by atoms with van der Waals surface area (Å²) in [5.74, 6) is -3.81. The topological polar surface area (TPSA) is 114 Å². The first-order valence-corrected chi connectivity index (χ1v) is 9.12. The number of hydrogen-bond acceptors (Lipinski definition) is 6. The summed E-state index contributed by atoms with van der Waals surface area (Å²) in [6.07, 6.45) is 3.40. The highest BCUT2D eigenvalue weighted by molar-refractivity contribution is 6.32. The zero-order valence-electron chi connectivity index (χ0n) is 16.2. The van der Waals surface area contributed by atoms with Gasteiger partial charge in [-0.2, -0.15) is 0 Å². The highest BCUT2D eigenvalue weighted by atomic mass is 35.5. The molecule has 2 radical (unpaired) electrons. The molecule has 0 amide bonds. The molecule has 0 bridgehead atoms. The fraction of sp³-hybridized carbons (Fsp3) is 0.211. The van der Waals surface area contributed by atoms with E-state index in [-0.39, 0.29) is 17.1 Å². The monoisotopic (exact) mass is 449 g/mol. The van der Waals surface area contributed by atoms with Crippen LogP contribution in [0.5, 0.6) is 5.75 Å². The van der Waals surface area contributed by atoms with Gasteiger partial charge in [0.05, 0.1) is 11.9 Å². The van der Waals surface area contributed by atoms with Gasteiger partial charge >= 0.3 is 5.97 Å². The number of pyridine rings is 2. The minimum Gasteiger partial charge on any atom is -0.479 e. The molecule has 0 aromatic carbocycles. The van der Waals surface area contributed by atoms with E-state index in [4.69, 9.17) is 24.2 Å². The van der Waals surface area contributed by atoms with E-state index >= 15 is 0 Å². The molecule has 12 heteroatoms. The standard InChI is InChI=1S/C19H15BClF2N3O5/c1-8-6-24-12(18(28)29)5-13(8)26-9(2)3-14(15(21)17(26)27)31-19(20,30)16-11(23)4-10(22)7-25-16/h3-7,12,24,30H,1-2H3,(H,28,29)/t12-,19?/m1/s1. The van der Waals surface area contributed by atoms with Crippen LogP contribution in [0.25, 0.3) is 5.70 Å². The molecule has 1 aliphatic rings. The van der Waals surface area contributed by atoms with Gasteiger partial charge in [-0.05, 0) is 25.5 Å². The van der Waals surface area contributed by atoms with Gasteiger partial charge in [0.1, 0.15) is 28.3 Å². The van der Waals surface area contributed by atoms with E-state index < -0.39 is 45.6 Å². The van der Waals surface area contributed by atoms with E-state index in [0.29, 0.717) is 17.8 Å². The number of nitrogens with one attached hydrogen (secondary N) is 1. The normalized spacial score (nSPS) is 17.8. The number of aromatic nitrogens is 2. The second kappa shape index (κ2) is 8.16. The lowest BCUT2D eigenvalue weighted by Crippen LogP contribution is -2.37. The number of carboxylic acids is 1. The van der Waals surface area contributed by atoms with E-state index in [2.05, 4.69) is 10.3 Å². The number of allylic oxidation sites excluding steroid dienone is 2. The van der Waals surface area contributed by atoms with Gasteiger partial charge < -0.3 is 20.3 Å². The molecule has 3 rings (SSSR count). The van der Waals surface area contributed by atoms with Crippen molar-refractivity contribution in [3.05, 3.63) is 74.6 Å². The van der Waals surface area contributed by atoms with Crippen molar-refractivity contribution in [1.82, 2.24) is 14.9 Å². The molecule has 0 spiro atoms. The quantitative estimate of drug-likeness (QED) is 0.470. The molecule has 0 aliphatic carbocycles. The highest BCUT2D eigenvalue weighted by Gasteiger charge is 2.32. The molecule has 3 heterocycles. The van der Waals surface area contributed by atoms with E-state index in [9.17, 15) is 28.6 Å². The first kappa shape index (κ1) is 22.5. The van der Waals surface area contributed by atoms with Crippen LogP contribution in [0.15, 0.2) is 41.0 Å². The van der Waals surface area contributed by atoms with E-state index in [1.165, 1.54) is 25.3 Å². The van der Waals surface area contributed by atoms with Gasteiger partial charge in [0.2, 0.25) is 5.69 Å². The van der Waals surface area contributed by atoms with Gasteiger partial charge in [0, 0.05) is 24.0 Å². The Kier molecular flexibility index (Phi) is 5.92. The highest BCUT2D eigenvalue weighted by Crippen LogP contribution is 2.31. The Morgan fingerprint density at radius 1 is 1.39 bits per heavy atom. The number of carboxylic acid groups (broad SMARTS) is 1. The zero-order valence-corrected chi connectivity index (χ0v) is 16.9. The Hall–Kier alpha value is -3.18. The Bertz CT molecular complexity index is 1200. The number of nitrogens with zero attached hydrogens (tertiary/aromatic N) is 2. The Morgan fingerprint density at radius 3 is 2.68 bits per heavy atom. The molecule has 8 nitrogen and oxygen atoms in total. The average molecular weight is 450 g/mol. The second-order valence-electron chi connectivity index (χ2n) is 6.75. The lowest BCUT2D eigenvalue weighted by atomic mass is 9.90. The minimum atomic E-state index is -2.87. The summed E-state index contributed by atoms with van der Waals surface area (Å²) in [6.45, 7) is 3.16. The van der Waals surface area contributed by atoms with Crippen LogP contribution in [-0.2, 0) is 10.5 Å². The number of aliphatic carboxylic acids is 1. The summed E-state index contributed by atoms with van der Waals surface area (Å²) < 4.78 is 33.4. The summed E-state index contributed by atoms with van der Waals surface area (Å²) >= 11 is 6.12. The fourth-order valence-electron chi connectivity index (χ4n) is 2.97. The number of ether oxygens (including phenoxy) is 1. The third-order valence-electron chi connectivity index (χ3n) is 4.43. The number of halogens is 3. The first-order valence-electron chi connectivity index (χ1n) is 8.74. The minimum absolute atomic E-state index is 0.248. The molecule has 1 unspecified atom stereocenters. The van der Waals surface area contributed by atoms with Crippen LogP contribution < -0.4 is 15.6 Å². The van der Waals surface area contributed by atoms with Crippen molar-refractivity contribution in [2.45, 2.75) is 25.6 Å². The van der Waals surface area contributed by atoms with Crippen molar-refractivity contribution < 1.29 is 28.5 Å². The van der Waals surface area contributed by atoms with Gasteiger partial charge in [0.15, 0.2) is 13.7 Å². The average Bonchev–Trinajstić information content (AvgIpc) is 2.66. The maximum atomic E-state index is 14.0. The Morgan fingerprint density at radius 2 is 2.06 bits per heavy atom. The number of aliphatic hydroxyl groups is 1. The molecule has 3 N–H and O–H groups in total. The number of aryl methyl sites for hydroxylation is 1. The summed E-state index contributed by atoms with van der Waals surface area (Å²) in [5.41, 5.74) is -3.42. The molecule has 0 saturated carbocycles. The Balaban J connectivity index is 2.05. The van der Waals surface area contributed by atoms with Crippen molar-refractivity contribution in [2.24, 2.45) is 0 Å². The lowest BCUT2D eigenvalue weighted by molar-refractivity contribution is -0.137. The van der Waals surface area contributed by atoms with Crippen molar-refractivity contribution in [2.75, 3.05) is 0 Å². The van der Waals surface area contributed by atoms with Crippen LogP contribution >= 0.6 is 11.6 Å². The van der Waals surface area contributed by atoms with E-state index in [0.717, 1.165) is 4.57 Å². The van der Waals surface area contributed by atoms with Gasteiger partial charge in [-0.1, -0.05) is 11.6 Å². The van der Waals surface area contributed by atoms with Gasteiger partial charge in [-0.3, -0.25) is 9.36 Å². The Labute approximate surface area is 180 Å². The molecule has 2 aromatic rings. The van der Waals surface area contributed by atoms with Gasteiger partial charge in [-0.15, -0.1) is 0 Å². The van der Waals surface area contributed by atoms with Crippen LogP contribution in [0, 0.1) is 18.6 Å². The van der Waals surface area contributed by atoms with Crippen LogP contribution in [-0.4, -0.2) is 39.6 Å². The maximum absolute atomic E-state index is 14.0. The maximum Gasteiger partial charge on any atom is 0.330 e. The van der Waals surface area contributed by atoms with Crippen molar-refractivity contribution in [3.63, 3.8) is 0 Å². The van der Waals surface area contributed by atoms with Crippen LogP contribution in [0.4, 0.5) is 8.78 Å². The second-order valence-corrected chi connectivity index (χ2v) is 7.13. The summed E-state index contributed by atoms with van der Waals surface area (Å²) in [6, 6.07) is 0.627. The zero-order chi connectivity index (χ0) is 23.1. The molecular formula is C19H15BClF2N3O5. The number of dihydropyridines is 1. The van der Waals surface area contributed by atoms with Crippen LogP contribution in [0.3, 0.4) is 0 Å². The van der Waals surface area contributed by atoms with Crippen molar-refractivity contribution in [1.29, 1.82) is 0 Å². The van der Waals surface area contributed by atoms with Gasteiger partial charge in [-0.25, -0.2) is 18.6 Å². The molecule has 0 fully saturated rings. The first-order chi connectivity index (χ1) is 14.4. The third kappa shape index (κ3) is 4.33. The lowest BCUT2D eigenvalue weighted by Gasteiger charge is -2.27. The smallest absolute Gasteiger partial charge is 0.330 e. The fourth-order valence-corrected chi connectivity index (χ4v) is 3.15. The largest absolute Gasteiger partial charge is 0.479 e. The molecular weight excluding hydrogens is 434 g/mol. The predicted octanol–water partition coefficient (Wildman–Crippen LogP) is 1.63.